The Morgan fingerprint density at radius 2 is 1.64 bits per heavy atom. The van der Waals surface area contributed by atoms with Gasteiger partial charge in [0.05, 0.1) is 13.7 Å². The van der Waals surface area contributed by atoms with E-state index in [9.17, 15) is 19.5 Å². The second-order valence-corrected chi connectivity index (χ2v) is 10.7. The molecule has 210 valence electrons. The maximum atomic E-state index is 13.8. The molecular weight excluding hydrogens is 498 g/mol. The first-order valence-corrected chi connectivity index (χ1v) is 13.0. The van der Waals surface area contributed by atoms with Crippen LogP contribution < -0.4 is 15.4 Å². The Morgan fingerprint density at radius 3 is 2.23 bits per heavy atom. The zero-order chi connectivity index (χ0) is 28.6. The summed E-state index contributed by atoms with van der Waals surface area (Å²) in [5.41, 5.74) is 0.708. The number of nitrogens with one attached hydrogen (secondary N) is 2. The number of rotatable bonds is 10. The fourth-order valence-corrected chi connectivity index (χ4v) is 4.33. The Labute approximate surface area is 230 Å². The van der Waals surface area contributed by atoms with Crippen molar-refractivity contribution in [2.45, 2.75) is 64.3 Å². The number of amides is 3. The van der Waals surface area contributed by atoms with Crippen LogP contribution >= 0.6 is 0 Å². The van der Waals surface area contributed by atoms with E-state index >= 15 is 0 Å². The summed E-state index contributed by atoms with van der Waals surface area (Å²) in [4.78, 5) is 41.3. The average molecular weight is 538 g/mol. The topological polar surface area (TPSA) is 117 Å². The molecule has 9 heteroatoms. The van der Waals surface area contributed by atoms with Crippen molar-refractivity contribution in [2.24, 2.45) is 0 Å². The van der Waals surface area contributed by atoms with Gasteiger partial charge in [0.2, 0.25) is 11.8 Å². The van der Waals surface area contributed by atoms with Crippen molar-refractivity contribution in [2.75, 3.05) is 20.2 Å². The zero-order valence-electron chi connectivity index (χ0n) is 23.3. The monoisotopic (exact) mass is 537 g/mol. The van der Waals surface area contributed by atoms with Crippen molar-refractivity contribution in [1.82, 2.24) is 15.5 Å². The first kappa shape index (κ1) is 29.7. The molecule has 0 unspecified atom stereocenters. The molecule has 0 spiro atoms. The SMILES string of the molecule is COc1ccc(C[C@H](NC(=O)OC(C)(C)C)C(=O)N2CC=C[C@@]2(C)C(=O)NCCc2ccc(CO)cc2)cc1. The van der Waals surface area contributed by atoms with Gasteiger partial charge in [-0.25, -0.2) is 4.79 Å². The zero-order valence-corrected chi connectivity index (χ0v) is 23.3. The van der Waals surface area contributed by atoms with E-state index in [2.05, 4.69) is 10.6 Å². The van der Waals surface area contributed by atoms with Gasteiger partial charge in [0.15, 0.2) is 0 Å². The van der Waals surface area contributed by atoms with Crippen LogP contribution in [0.5, 0.6) is 5.75 Å². The van der Waals surface area contributed by atoms with Crippen LogP contribution in [0.3, 0.4) is 0 Å². The molecule has 0 saturated carbocycles. The minimum absolute atomic E-state index is 0.0200. The first-order chi connectivity index (χ1) is 18.4. The molecule has 0 aromatic heterocycles. The quantitative estimate of drug-likeness (QED) is 0.401. The van der Waals surface area contributed by atoms with Gasteiger partial charge >= 0.3 is 6.09 Å². The lowest BCUT2D eigenvalue weighted by Crippen LogP contribution is -2.60. The Hall–Kier alpha value is -3.85. The highest BCUT2D eigenvalue weighted by atomic mass is 16.6. The largest absolute Gasteiger partial charge is 0.497 e. The van der Waals surface area contributed by atoms with Crippen LogP contribution in [0.1, 0.15) is 44.4 Å². The van der Waals surface area contributed by atoms with Gasteiger partial charge in [0.1, 0.15) is 22.9 Å². The van der Waals surface area contributed by atoms with Gasteiger partial charge in [-0.3, -0.25) is 9.59 Å². The molecule has 3 N–H and O–H groups in total. The Bertz CT molecular complexity index is 1170. The fourth-order valence-electron chi connectivity index (χ4n) is 4.33. The van der Waals surface area contributed by atoms with Gasteiger partial charge in [0, 0.05) is 19.5 Å². The maximum Gasteiger partial charge on any atom is 0.408 e. The number of hydrogen-bond donors (Lipinski definition) is 3. The molecule has 1 aliphatic rings. The van der Waals surface area contributed by atoms with Gasteiger partial charge < -0.3 is 30.1 Å². The van der Waals surface area contributed by atoms with Crippen molar-refractivity contribution in [3.05, 3.63) is 77.4 Å². The summed E-state index contributed by atoms with van der Waals surface area (Å²) in [5, 5.41) is 14.9. The van der Waals surface area contributed by atoms with Crippen molar-refractivity contribution in [3.63, 3.8) is 0 Å². The van der Waals surface area contributed by atoms with Gasteiger partial charge in [0.25, 0.3) is 0 Å². The Balaban J connectivity index is 1.72. The summed E-state index contributed by atoms with van der Waals surface area (Å²) >= 11 is 0. The van der Waals surface area contributed by atoms with Gasteiger partial charge in [-0.1, -0.05) is 48.6 Å². The van der Waals surface area contributed by atoms with E-state index in [1.165, 1.54) is 4.90 Å². The minimum Gasteiger partial charge on any atom is -0.497 e. The number of carbonyl (C=O) groups is 3. The number of carbonyl (C=O) groups excluding carboxylic acids is 3. The number of aliphatic hydroxyl groups excluding tert-OH is 1. The molecule has 2 aromatic rings. The standard InChI is InChI=1S/C30H39N3O6/c1-29(2,3)39-28(37)32-25(19-22-11-13-24(38-5)14-12-22)26(35)33-18-6-16-30(33,4)27(36)31-17-15-21-7-9-23(20-34)10-8-21/h6-14,16,25,34H,15,17-20H2,1-5H3,(H,31,36)(H,32,37)/t25-,30-/m0/s1. The summed E-state index contributed by atoms with van der Waals surface area (Å²) in [6, 6.07) is 13.8. The lowest BCUT2D eigenvalue weighted by molar-refractivity contribution is -0.144. The normalized spacial score (nSPS) is 17.4. The highest BCUT2D eigenvalue weighted by Crippen LogP contribution is 2.25. The third kappa shape index (κ3) is 8.07. The fraction of sp³-hybridized carbons (Fsp3) is 0.433. The highest BCUT2D eigenvalue weighted by Gasteiger charge is 2.44. The summed E-state index contributed by atoms with van der Waals surface area (Å²) in [6.07, 6.45) is 3.60. The molecule has 2 aromatic carbocycles. The number of nitrogens with zero attached hydrogens (tertiary/aromatic N) is 1. The second kappa shape index (κ2) is 12.8. The van der Waals surface area contributed by atoms with E-state index in [0.717, 1.165) is 16.7 Å². The van der Waals surface area contributed by atoms with Crippen molar-refractivity contribution < 1.29 is 29.0 Å². The Morgan fingerprint density at radius 1 is 1.03 bits per heavy atom. The predicted octanol–water partition coefficient (Wildman–Crippen LogP) is 3.14. The molecule has 3 amide bonds. The summed E-state index contributed by atoms with van der Waals surface area (Å²) in [6.45, 7) is 7.54. The third-order valence-corrected chi connectivity index (χ3v) is 6.51. The van der Waals surface area contributed by atoms with Crippen LogP contribution in [0, 0.1) is 0 Å². The van der Waals surface area contributed by atoms with Crippen LogP contribution in [0.25, 0.3) is 0 Å². The van der Waals surface area contributed by atoms with Crippen molar-refractivity contribution >= 4 is 17.9 Å². The number of hydrogen-bond acceptors (Lipinski definition) is 6. The molecule has 1 aliphatic heterocycles. The second-order valence-electron chi connectivity index (χ2n) is 10.7. The van der Waals surface area contributed by atoms with Crippen LogP contribution in [-0.2, 0) is 33.8 Å². The molecule has 0 saturated heterocycles. The number of methoxy groups -OCH3 is 1. The summed E-state index contributed by atoms with van der Waals surface area (Å²) in [7, 11) is 1.57. The predicted molar refractivity (Wildman–Crippen MR) is 148 cm³/mol. The number of benzene rings is 2. The molecule has 1 heterocycles. The van der Waals surface area contributed by atoms with E-state index in [4.69, 9.17) is 9.47 Å². The Kier molecular flexibility index (Phi) is 9.75. The lowest BCUT2D eigenvalue weighted by atomic mass is 9.98. The number of aliphatic hydroxyl groups is 1. The van der Waals surface area contributed by atoms with Gasteiger partial charge in [-0.2, -0.15) is 0 Å². The van der Waals surface area contributed by atoms with Crippen LogP contribution in [0.15, 0.2) is 60.7 Å². The van der Waals surface area contributed by atoms with Crippen molar-refractivity contribution in [1.29, 1.82) is 0 Å². The molecule has 9 nitrogen and oxygen atoms in total. The van der Waals surface area contributed by atoms with Gasteiger partial charge in [-0.05, 0) is 62.9 Å². The lowest BCUT2D eigenvalue weighted by Gasteiger charge is -2.36. The molecule has 0 radical (unpaired) electrons. The van der Waals surface area contributed by atoms with Crippen LogP contribution in [0.4, 0.5) is 4.79 Å². The molecule has 39 heavy (non-hydrogen) atoms. The smallest absolute Gasteiger partial charge is 0.408 e. The molecule has 0 fully saturated rings. The first-order valence-electron chi connectivity index (χ1n) is 13.0. The van der Waals surface area contributed by atoms with Crippen LogP contribution in [0.2, 0.25) is 0 Å². The molecule has 0 aliphatic carbocycles. The van der Waals surface area contributed by atoms with E-state index in [-0.39, 0.29) is 31.4 Å². The van der Waals surface area contributed by atoms with E-state index in [1.807, 2.05) is 36.4 Å². The van der Waals surface area contributed by atoms with E-state index < -0.39 is 23.3 Å². The van der Waals surface area contributed by atoms with Crippen LogP contribution in [-0.4, -0.2) is 65.3 Å². The molecule has 3 rings (SSSR count). The van der Waals surface area contributed by atoms with Crippen molar-refractivity contribution in [3.8, 4) is 5.75 Å². The minimum atomic E-state index is -1.22. The van der Waals surface area contributed by atoms with E-state index in [0.29, 0.717) is 18.7 Å². The summed E-state index contributed by atoms with van der Waals surface area (Å²) in [5.74, 6) is -0.0185. The molecule has 0 bridgehead atoms. The number of ether oxygens (including phenoxy) is 2. The molecular formula is C30H39N3O6. The maximum absolute atomic E-state index is 13.8. The summed E-state index contributed by atoms with van der Waals surface area (Å²) < 4.78 is 10.6. The van der Waals surface area contributed by atoms with E-state index in [1.54, 1.807) is 59.1 Å². The molecule has 2 atom stereocenters. The highest BCUT2D eigenvalue weighted by molar-refractivity contribution is 5.96. The number of alkyl carbamates (subject to hydrolysis) is 1. The third-order valence-electron chi connectivity index (χ3n) is 6.51. The van der Waals surface area contributed by atoms with Gasteiger partial charge in [-0.15, -0.1) is 0 Å². The average Bonchev–Trinajstić information content (AvgIpc) is 3.30.